The first kappa shape index (κ1) is 14.9. The zero-order chi connectivity index (χ0) is 15.3. The average Bonchev–Trinajstić information content (AvgIpc) is 3.14. The van der Waals surface area contributed by atoms with Gasteiger partial charge in [0.15, 0.2) is 0 Å². The van der Waals surface area contributed by atoms with Gasteiger partial charge in [0.2, 0.25) is 0 Å². The molecule has 0 aromatic heterocycles. The Labute approximate surface area is 123 Å². The van der Waals surface area contributed by atoms with Crippen LogP contribution >= 0.6 is 0 Å². The van der Waals surface area contributed by atoms with E-state index in [9.17, 15) is 13.2 Å². The van der Waals surface area contributed by atoms with Gasteiger partial charge in [0, 0.05) is 18.0 Å². The summed E-state index contributed by atoms with van der Waals surface area (Å²) in [5, 5.41) is 3.43. The van der Waals surface area contributed by atoms with Crippen LogP contribution in [0.25, 0.3) is 0 Å². The van der Waals surface area contributed by atoms with Crippen molar-refractivity contribution in [1.29, 1.82) is 0 Å². The molecule has 0 radical (unpaired) electrons. The van der Waals surface area contributed by atoms with Crippen molar-refractivity contribution in [3.63, 3.8) is 0 Å². The summed E-state index contributed by atoms with van der Waals surface area (Å²) in [4.78, 5) is 0. The second kappa shape index (κ2) is 4.73. The van der Waals surface area contributed by atoms with Crippen molar-refractivity contribution in [3.05, 3.63) is 35.4 Å². The lowest BCUT2D eigenvalue weighted by Crippen LogP contribution is -2.51. The number of benzene rings is 1. The summed E-state index contributed by atoms with van der Waals surface area (Å²) in [5.41, 5.74) is 0.665. The normalized spacial score (nSPS) is 22.4. The summed E-state index contributed by atoms with van der Waals surface area (Å²) in [6, 6.07) is 6.29. The quantitative estimate of drug-likeness (QED) is 0.862. The van der Waals surface area contributed by atoms with Crippen LogP contribution in [0.1, 0.15) is 50.7 Å². The summed E-state index contributed by atoms with van der Waals surface area (Å²) in [6.45, 7) is 4.92. The molecule has 2 aliphatic rings. The Morgan fingerprint density at radius 2 is 1.86 bits per heavy atom. The Kier molecular flexibility index (Phi) is 3.36. The molecular formula is C17H22F3N. The lowest BCUT2D eigenvalue weighted by Gasteiger charge is -2.50. The monoisotopic (exact) mass is 297 g/mol. The maximum atomic E-state index is 12.9. The molecule has 0 aliphatic heterocycles. The molecule has 0 heterocycles. The molecule has 1 N–H and O–H groups in total. The van der Waals surface area contributed by atoms with Gasteiger partial charge in [-0.1, -0.05) is 32.0 Å². The summed E-state index contributed by atoms with van der Waals surface area (Å²) < 4.78 is 38.8. The van der Waals surface area contributed by atoms with Crippen molar-refractivity contribution < 1.29 is 13.2 Å². The molecule has 0 saturated heterocycles. The van der Waals surface area contributed by atoms with Gasteiger partial charge < -0.3 is 5.32 Å². The van der Waals surface area contributed by atoms with Gasteiger partial charge in [-0.2, -0.15) is 13.2 Å². The second-order valence-corrected chi connectivity index (χ2v) is 7.25. The van der Waals surface area contributed by atoms with E-state index in [2.05, 4.69) is 19.2 Å². The standard InChI is InChI=1S/C17H22F3N/c1-12(2)21-11-16(9-15(10-16)6-7-15)13-4-3-5-14(8-13)17(18,19)20/h3-5,8,12,21H,6-7,9-11H2,1-2H3. The molecule has 21 heavy (non-hydrogen) atoms. The third-order valence-electron chi connectivity index (χ3n) is 5.03. The minimum atomic E-state index is -4.26. The van der Waals surface area contributed by atoms with Crippen molar-refractivity contribution in [2.75, 3.05) is 6.54 Å². The van der Waals surface area contributed by atoms with Crippen LogP contribution in [0.5, 0.6) is 0 Å². The number of hydrogen-bond acceptors (Lipinski definition) is 1. The first-order valence-electron chi connectivity index (χ1n) is 7.66. The van der Waals surface area contributed by atoms with Crippen LogP contribution in [-0.2, 0) is 11.6 Å². The number of halogens is 3. The molecule has 1 nitrogen and oxygen atoms in total. The summed E-state index contributed by atoms with van der Waals surface area (Å²) >= 11 is 0. The van der Waals surface area contributed by atoms with E-state index in [1.165, 1.54) is 25.0 Å². The molecule has 2 fully saturated rings. The SMILES string of the molecule is CC(C)NCC1(c2cccc(C(F)(F)F)c2)CC2(CC2)C1. The summed E-state index contributed by atoms with van der Waals surface area (Å²) in [5.74, 6) is 0. The van der Waals surface area contributed by atoms with E-state index in [4.69, 9.17) is 0 Å². The van der Waals surface area contributed by atoms with E-state index < -0.39 is 11.7 Å². The Balaban J connectivity index is 1.86. The second-order valence-electron chi connectivity index (χ2n) is 7.25. The Morgan fingerprint density at radius 1 is 1.19 bits per heavy atom. The maximum Gasteiger partial charge on any atom is 0.416 e. The molecular weight excluding hydrogens is 275 g/mol. The predicted octanol–water partition coefficient (Wildman–Crippen LogP) is 4.52. The third kappa shape index (κ3) is 2.83. The zero-order valence-corrected chi connectivity index (χ0v) is 12.6. The average molecular weight is 297 g/mol. The van der Waals surface area contributed by atoms with Crippen LogP contribution in [0.15, 0.2) is 24.3 Å². The predicted molar refractivity (Wildman–Crippen MR) is 77.2 cm³/mol. The molecule has 2 saturated carbocycles. The Hall–Kier alpha value is -1.03. The Morgan fingerprint density at radius 3 is 2.38 bits per heavy atom. The minimum Gasteiger partial charge on any atom is -0.314 e. The van der Waals surface area contributed by atoms with Gasteiger partial charge in [0.25, 0.3) is 0 Å². The third-order valence-corrected chi connectivity index (χ3v) is 5.03. The van der Waals surface area contributed by atoms with Gasteiger partial charge in [-0.15, -0.1) is 0 Å². The zero-order valence-electron chi connectivity index (χ0n) is 12.6. The van der Waals surface area contributed by atoms with Crippen LogP contribution in [0.4, 0.5) is 13.2 Å². The topological polar surface area (TPSA) is 12.0 Å². The lowest BCUT2D eigenvalue weighted by molar-refractivity contribution is -0.137. The Bertz CT molecular complexity index is 521. The fraction of sp³-hybridized carbons (Fsp3) is 0.647. The highest BCUT2D eigenvalue weighted by Crippen LogP contribution is 2.68. The molecule has 2 aliphatic carbocycles. The van der Waals surface area contributed by atoms with Crippen LogP contribution in [0.3, 0.4) is 0 Å². The smallest absolute Gasteiger partial charge is 0.314 e. The molecule has 116 valence electrons. The fourth-order valence-electron chi connectivity index (χ4n) is 3.77. The van der Waals surface area contributed by atoms with Gasteiger partial charge in [-0.05, 0) is 42.7 Å². The first-order valence-corrected chi connectivity index (χ1v) is 7.66. The van der Waals surface area contributed by atoms with E-state index in [0.29, 0.717) is 11.5 Å². The van der Waals surface area contributed by atoms with Crippen molar-refractivity contribution >= 4 is 0 Å². The molecule has 3 rings (SSSR count). The van der Waals surface area contributed by atoms with Crippen molar-refractivity contribution in [3.8, 4) is 0 Å². The van der Waals surface area contributed by atoms with E-state index in [0.717, 1.165) is 24.9 Å². The van der Waals surface area contributed by atoms with Crippen LogP contribution in [-0.4, -0.2) is 12.6 Å². The first-order chi connectivity index (χ1) is 9.75. The maximum absolute atomic E-state index is 12.9. The van der Waals surface area contributed by atoms with Gasteiger partial charge in [-0.3, -0.25) is 0 Å². The number of nitrogens with one attached hydrogen (secondary N) is 1. The number of hydrogen-bond donors (Lipinski definition) is 1. The molecule has 0 unspecified atom stereocenters. The summed E-state index contributed by atoms with van der Waals surface area (Å²) in [7, 11) is 0. The molecule has 1 spiro atoms. The molecule has 1 aromatic rings. The highest BCUT2D eigenvalue weighted by Gasteiger charge is 2.61. The van der Waals surface area contributed by atoms with E-state index in [-0.39, 0.29) is 5.41 Å². The van der Waals surface area contributed by atoms with E-state index >= 15 is 0 Å². The molecule has 4 heteroatoms. The highest BCUT2D eigenvalue weighted by atomic mass is 19.4. The fourth-order valence-corrected chi connectivity index (χ4v) is 3.77. The van der Waals surface area contributed by atoms with Gasteiger partial charge >= 0.3 is 6.18 Å². The van der Waals surface area contributed by atoms with Crippen molar-refractivity contribution in [1.82, 2.24) is 5.32 Å². The minimum absolute atomic E-state index is 0.109. The van der Waals surface area contributed by atoms with Gasteiger partial charge in [-0.25, -0.2) is 0 Å². The highest BCUT2D eigenvalue weighted by molar-refractivity contribution is 5.37. The molecule has 0 amide bonds. The van der Waals surface area contributed by atoms with Crippen LogP contribution in [0.2, 0.25) is 0 Å². The summed E-state index contributed by atoms with van der Waals surface area (Å²) in [6.07, 6.45) is 0.288. The largest absolute Gasteiger partial charge is 0.416 e. The molecule has 0 bridgehead atoms. The van der Waals surface area contributed by atoms with Crippen LogP contribution < -0.4 is 5.32 Å². The van der Waals surface area contributed by atoms with E-state index in [1.807, 2.05) is 6.07 Å². The molecule has 1 aromatic carbocycles. The number of rotatable bonds is 4. The van der Waals surface area contributed by atoms with Crippen molar-refractivity contribution in [2.45, 2.75) is 57.2 Å². The molecule has 0 atom stereocenters. The lowest BCUT2D eigenvalue weighted by atomic mass is 9.56. The van der Waals surface area contributed by atoms with Crippen molar-refractivity contribution in [2.24, 2.45) is 5.41 Å². The van der Waals surface area contributed by atoms with E-state index in [1.54, 1.807) is 6.07 Å². The van der Waals surface area contributed by atoms with Gasteiger partial charge in [0.05, 0.1) is 5.56 Å². The van der Waals surface area contributed by atoms with Crippen LogP contribution in [0, 0.1) is 5.41 Å². The number of alkyl halides is 3. The van der Waals surface area contributed by atoms with Gasteiger partial charge in [0.1, 0.15) is 0 Å².